The topological polar surface area (TPSA) is 47.6 Å². The number of carbonyl (C=O) groups excluding carboxylic acids is 1. The van der Waals surface area contributed by atoms with Gasteiger partial charge < -0.3 is 14.8 Å². The second-order valence-electron chi connectivity index (χ2n) is 7.54. The molecular weight excluding hydrogens is 386 g/mol. The highest BCUT2D eigenvalue weighted by Gasteiger charge is 2.28. The first kappa shape index (κ1) is 20.6. The summed E-state index contributed by atoms with van der Waals surface area (Å²) >= 11 is 0. The number of fused-ring (bicyclic) bond motifs is 3. The number of ether oxygens (including phenoxy) is 2. The molecule has 1 amide bonds. The summed E-state index contributed by atoms with van der Waals surface area (Å²) in [5.74, 6) is 7.05. The van der Waals surface area contributed by atoms with Gasteiger partial charge in [0.1, 0.15) is 12.4 Å². The average Bonchev–Trinajstić information content (AvgIpc) is 3.11. The van der Waals surface area contributed by atoms with E-state index in [-0.39, 0.29) is 5.92 Å². The van der Waals surface area contributed by atoms with Crippen LogP contribution in [0.3, 0.4) is 0 Å². The molecule has 31 heavy (non-hydrogen) atoms. The second kappa shape index (κ2) is 9.40. The Kier molecular flexibility index (Phi) is 6.24. The molecule has 1 aliphatic carbocycles. The van der Waals surface area contributed by atoms with Crippen molar-refractivity contribution < 1.29 is 14.3 Å². The van der Waals surface area contributed by atoms with Gasteiger partial charge >= 0.3 is 6.09 Å². The predicted octanol–water partition coefficient (Wildman–Crippen LogP) is 5.28. The van der Waals surface area contributed by atoms with Gasteiger partial charge in [-0.15, -0.1) is 0 Å². The summed E-state index contributed by atoms with van der Waals surface area (Å²) in [7, 11) is 1.64. The molecule has 0 atom stereocenters. The van der Waals surface area contributed by atoms with Crippen LogP contribution in [0.1, 0.15) is 34.6 Å². The number of alkyl carbamates (subject to hydrolysis) is 1. The van der Waals surface area contributed by atoms with Gasteiger partial charge in [-0.3, -0.25) is 0 Å². The summed E-state index contributed by atoms with van der Waals surface area (Å²) < 4.78 is 10.8. The van der Waals surface area contributed by atoms with Crippen LogP contribution in [-0.2, 0) is 4.74 Å². The Labute approximate surface area is 183 Å². The van der Waals surface area contributed by atoms with Gasteiger partial charge in [0.25, 0.3) is 0 Å². The number of aryl methyl sites for hydroxylation is 1. The minimum atomic E-state index is -0.416. The van der Waals surface area contributed by atoms with Crippen molar-refractivity contribution in [2.45, 2.75) is 19.3 Å². The van der Waals surface area contributed by atoms with E-state index in [1.165, 1.54) is 22.3 Å². The predicted molar refractivity (Wildman–Crippen MR) is 122 cm³/mol. The molecule has 0 heterocycles. The van der Waals surface area contributed by atoms with Crippen molar-refractivity contribution in [1.82, 2.24) is 5.32 Å². The van der Waals surface area contributed by atoms with E-state index in [2.05, 4.69) is 41.4 Å². The lowest BCUT2D eigenvalue weighted by Crippen LogP contribution is -2.26. The Morgan fingerprint density at radius 3 is 2.35 bits per heavy atom. The second-order valence-corrected chi connectivity index (χ2v) is 7.54. The standard InChI is InChI=1S/C27H25NO3/c1-19-15-20(17-21(16-19)30-2)9-7-8-14-28-27(29)31-18-26-24-12-5-3-10-22(24)23-11-4-6-13-25(23)26/h3-6,10-13,15-17,26H,8,14,18H2,1-2H3,(H,28,29). The SMILES string of the molecule is COc1cc(C)cc(C#CCCNC(=O)OCC2c3ccccc3-c3ccccc32)c1. The molecular formula is C27H25NO3. The van der Waals surface area contributed by atoms with Crippen LogP contribution in [0, 0.1) is 18.8 Å². The van der Waals surface area contributed by atoms with Crippen LogP contribution < -0.4 is 10.1 Å². The zero-order chi connectivity index (χ0) is 21.6. The molecule has 0 radical (unpaired) electrons. The Hall–Kier alpha value is -3.71. The number of benzene rings is 3. The highest BCUT2D eigenvalue weighted by atomic mass is 16.5. The zero-order valence-electron chi connectivity index (χ0n) is 17.8. The van der Waals surface area contributed by atoms with E-state index in [1.807, 2.05) is 49.4 Å². The van der Waals surface area contributed by atoms with Crippen LogP contribution in [-0.4, -0.2) is 26.4 Å². The summed E-state index contributed by atoms with van der Waals surface area (Å²) in [5.41, 5.74) is 6.84. The summed E-state index contributed by atoms with van der Waals surface area (Å²) in [5, 5.41) is 2.79. The number of rotatable bonds is 5. The first-order chi connectivity index (χ1) is 15.2. The van der Waals surface area contributed by atoms with Crippen molar-refractivity contribution in [3.63, 3.8) is 0 Å². The third-order valence-corrected chi connectivity index (χ3v) is 5.38. The molecule has 0 saturated carbocycles. The van der Waals surface area contributed by atoms with Crippen LogP contribution in [0.4, 0.5) is 4.79 Å². The normalized spacial score (nSPS) is 11.7. The Balaban J connectivity index is 1.29. The summed E-state index contributed by atoms with van der Waals surface area (Å²) in [6, 6.07) is 22.5. The lowest BCUT2D eigenvalue weighted by Gasteiger charge is -2.14. The molecule has 4 rings (SSSR count). The maximum absolute atomic E-state index is 12.2. The number of nitrogens with one attached hydrogen (secondary N) is 1. The molecule has 1 N–H and O–H groups in total. The quantitative estimate of drug-likeness (QED) is 0.459. The fourth-order valence-electron chi connectivity index (χ4n) is 3.98. The van der Waals surface area contributed by atoms with Gasteiger partial charge in [0.15, 0.2) is 0 Å². The molecule has 0 spiro atoms. The largest absolute Gasteiger partial charge is 0.497 e. The molecule has 0 fully saturated rings. The molecule has 4 heteroatoms. The highest BCUT2D eigenvalue weighted by Crippen LogP contribution is 2.44. The van der Waals surface area contributed by atoms with Gasteiger partial charge in [-0.2, -0.15) is 0 Å². The van der Waals surface area contributed by atoms with E-state index in [1.54, 1.807) is 7.11 Å². The molecule has 0 saturated heterocycles. The number of amides is 1. The van der Waals surface area contributed by atoms with Gasteiger partial charge in [-0.1, -0.05) is 60.4 Å². The van der Waals surface area contributed by atoms with E-state index in [0.29, 0.717) is 19.6 Å². The van der Waals surface area contributed by atoms with Crippen molar-refractivity contribution in [2.75, 3.05) is 20.3 Å². The molecule has 0 aliphatic heterocycles. The van der Waals surface area contributed by atoms with Crippen LogP contribution >= 0.6 is 0 Å². The zero-order valence-corrected chi connectivity index (χ0v) is 17.8. The molecule has 3 aromatic carbocycles. The monoisotopic (exact) mass is 411 g/mol. The summed E-state index contributed by atoms with van der Waals surface area (Å²) in [6.07, 6.45) is 0.126. The maximum atomic E-state index is 12.2. The van der Waals surface area contributed by atoms with Crippen molar-refractivity contribution in [1.29, 1.82) is 0 Å². The lowest BCUT2D eigenvalue weighted by molar-refractivity contribution is 0.143. The van der Waals surface area contributed by atoms with Gasteiger partial charge in [0.2, 0.25) is 0 Å². The molecule has 0 bridgehead atoms. The first-order valence-electron chi connectivity index (χ1n) is 10.4. The van der Waals surface area contributed by atoms with Crippen LogP contribution in [0.15, 0.2) is 66.7 Å². The Bertz CT molecular complexity index is 1110. The number of carbonyl (C=O) groups is 1. The maximum Gasteiger partial charge on any atom is 0.407 e. The molecule has 3 aromatic rings. The first-order valence-corrected chi connectivity index (χ1v) is 10.4. The van der Waals surface area contributed by atoms with Crippen molar-refractivity contribution in [3.05, 3.63) is 89.0 Å². The van der Waals surface area contributed by atoms with Gasteiger partial charge in [-0.05, 0) is 52.9 Å². The van der Waals surface area contributed by atoms with E-state index in [4.69, 9.17) is 9.47 Å². The molecule has 1 aliphatic rings. The van der Waals surface area contributed by atoms with Crippen molar-refractivity contribution >= 4 is 6.09 Å². The van der Waals surface area contributed by atoms with E-state index < -0.39 is 6.09 Å². The summed E-state index contributed by atoms with van der Waals surface area (Å²) in [6.45, 7) is 2.76. The number of hydrogen-bond acceptors (Lipinski definition) is 3. The van der Waals surface area contributed by atoms with Crippen molar-refractivity contribution in [3.8, 4) is 28.7 Å². The minimum absolute atomic E-state index is 0.0641. The van der Waals surface area contributed by atoms with Crippen LogP contribution in [0.25, 0.3) is 11.1 Å². The fourth-order valence-corrected chi connectivity index (χ4v) is 3.98. The minimum Gasteiger partial charge on any atom is -0.497 e. The summed E-state index contributed by atoms with van der Waals surface area (Å²) in [4.78, 5) is 12.2. The molecule has 156 valence electrons. The van der Waals surface area contributed by atoms with Crippen LogP contribution in [0.2, 0.25) is 0 Å². The Morgan fingerprint density at radius 2 is 1.68 bits per heavy atom. The average molecular weight is 412 g/mol. The number of methoxy groups -OCH3 is 1. The molecule has 0 unspecified atom stereocenters. The third kappa shape index (κ3) is 4.73. The Morgan fingerprint density at radius 1 is 1.00 bits per heavy atom. The third-order valence-electron chi connectivity index (χ3n) is 5.38. The number of hydrogen-bond donors (Lipinski definition) is 1. The smallest absolute Gasteiger partial charge is 0.407 e. The van der Waals surface area contributed by atoms with Gasteiger partial charge in [0.05, 0.1) is 7.11 Å². The fraction of sp³-hybridized carbons (Fsp3) is 0.222. The van der Waals surface area contributed by atoms with E-state index in [9.17, 15) is 4.79 Å². The molecule has 4 nitrogen and oxygen atoms in total. The van der Waals surface area contributed by atoms with Gasteiger partial charge in [-0.25, -0.2) is 4.79 Å². The van der Waals surface area contributed by atoms with Crippen LogP contribution in [0.5, 0.6) is 5.75 Å². The lowest BCUT2D eigenvalue weighted by atomic mass is 9.98. The van der Waals surface area contributed by atoms with Gasteiger partial charge in [0, 0.05) is 24.4 Å². The van der Waals surface area contributed by atoms with E-state index >= 15 is 0 Å². The van der Waals surface area contributed by atoms with Crippen molar-refractivity contribution in [2.24, 2.45) is 0 Å². The highest BCUT2D eigenvalue weighted by molar-refractivity contribution is 5.79. The molecule has 0 aromatic heterocycles. The van der Waals surface area contributed by atoms with E-state index in [0.717, 1.165) is 16.9 Å².